The normalized spacial score (nSPS) is 19.4. The number of hydrogen-bond acceptors (Lipinski definition) is 2. The predicted molar refractivity (Wildman–Crippen MR) is 53.5 cm³/mol. The van der Waals surface area contributed by atoms with Gasteiger partial charge in [-0.1, -0.05) is 6.07 Å². The molecule has 88 valence electrons. The van der Waals surface area contributed by atoms with Crippen molar-refractivity contribution >= 4 is 0 Å². The molecule has 1 atom stereocenters. The van der Waals surface area contributed by atoms with E-state index < -0.39 is 11.7 Å². The smallest absolute Gasteiger partial charge is 0.416 e. The van der Waals surface area contributed by atoms with Crippen molar-refractivity contribution in [1.82, 2.24) is 5.32 Å². The van der Waals surface area contributed by atoms with E-state index in [2.05, 4.69) is 5.32 Å². The molecule has 16 heavy (non-hydrogen) atoms. The van der Waals surface area contributed by atoms with Gasteiger partial charge in [0.05, 0.1) is 5.56 Å². The van der Waals surface area contributed by atoms with Crippen LogP contribution in [0.1, 0.15) is 11.1 Å². The standard InChI is InChI=1S/C11H12F3NO/c1-15-6-9-4-7-2-3-8(11(12,13)14)5-10(7)16-9/h2-3,5,9,15H,4,6H2,1H3. The maximum absolute atomic E-state index is 12.4. The third kappa shape index (κ3) is 2.14. The summed E-state index contributed by atoms with van der Waals surface area (Å²) in [6, 6.07) is 3.67. The van der Waals surface area contributed by atoms with Gasteiger partial charge in [0.1, 0.15) is 11.9 Å². The first-order valence-corrected chi connectivity index (χ1v) is 5.02. The van der Waals surface area contributed by atoms with Crippen LogP contribution >= 0.6 is 0 Å². The SMILES string of the molecule is CNCC1Cc2ccc(C(F)(F)F)cc2O1. The van der Waals surface area contributed by atoms with Gasteiger partial charge < -0.3 is 10.1 Å². The van der Waals surface area contributed by atoms with E-state index >= 15 is 0 Å². The van der Waals surface area contributed by atoms with Gasteiger partial charge in [-0.05, 0) is 24.7 Å². The highest BCUT2D eigenvalue weighted by atomic mass is 19.4. The first-order chi connectivity index (χ1) is 7.50. The molecular formula is C11H12F3NO. The number of alkyl halides is 3. The molecule has 0 radical (unpaired) electrons. The zero-order valence-electron chi connectivity index (χ0n) is 8.77. The summed E-state index contributed by atoms with van der Waals surface area (Å²) in [7, 11) is 1.79. The molecule has 0 saturated heterocycles. The van der Waals surface area contributed by atoms with Gasteiger partial charge in [0.2, 0.25) is 0 Å². The van der Waals surface area contributed by atoms with E-state index in [1.165, 1.54) is 6.07 Å². The number of hydrogen-bond donors (Lipinski definition) is 1. The van der Waals surface area contributed by atoms with E-state index in [1.807, 2.05) is 0 Å². The number of halogens is 3. The highest BCUT2D eigenvalue weighted by Gasteiger charge is 2.33. The summed E-state index contributed by atoms with van der Waals surface area (Å²) in [6.07, 6.45) is -3.71. The molecule has 1 unspecified atom stereocenters. The van der Waals surface area contributed by atoms with Gasteiger partial charge in [-0.25, -0.2) is 0 Å². The first kappa shape index (κ1) is 11.3. The molecule has 1 aliphatic rings. The van der Waals surface area contributed by atoms with Gasteiger partial charge in [0.25, 0.3) is 0 Å². The summed E-state index contributed by atoms with van der Waals surface area (Å²) in [5.41, 5.74) is 0.185. The Labute approximate surface area is 91.4 Å². The first-order valence-electron chi connectivity index (χ1n) is 5.02. The molecule has 2 rings (SSSR count). The topological polar surface area (TPSA) is 21.3 Å². The van der Waals surface area contributed by atoms with Crippen LogP contribution in [0, 0.1) is 0 Å². The Bertz CT molecular complexity index is 389. The minimum atomic E-state index is -4.31. The van der Waals surface area contributed by atoms with Gasteiger partial charge >= 0.3 is 6.18 Å². The van der Waals surface area contributed by atoms with Crippen LogP contribution in [-0.2, 0) is 12.6 Å². The molecule has 1 aromatic carbocycles. The molecular weight excluding hydrogens is 219 g/mol. The fourth-order valence-electron chi connectivity index (χ4n) is 1.82. The zero-order chi connectivity index (χ0) is 11.8. The molecule has 0 saturated carbocycles. The van der Waals surface area contributed by atoms with Crippen molar-refractivity contribution in [2.75, 3.05) is 13.6 Å². The minimum Gasteiger partial charge on any atom is -0.488 e. The maximum Gasteiger partial charge on any atom is 0.416 e. The second-order valence-electron chi connectivity index (χ2n) is 3.82. The number of ether oxygens (including phenoxy) is 1. The van der Waals surface area contributed by atoms with Crippen molar-refractivity contribution in [3.63, 3.8) is 0 Å². The van der Waals surface area contributed by atoms with Crippen LogP contribution in [0.3, 0.4) is 0 Å². The molecule has 0 aliphatic carbocycles. The van der Waals surface area contributed by atoms with Crippen molar-refractivity contribution < 1.29 is 17.9 Å². The van der Waals surface area contributed by atoms with Crippen LogP contribution in [0.15, 0.2) is 18.2 Å². The highest BCUT2D eigenvalue weighted by Crippen LogP contribution is 2.36. The molecule has 1 aliphatic heterocycles. The third-order valence-electron chi connectivity index (χ3n) is 2.57. The summed E-state index contributed by atoms with van der Waals surface area (Å²) in [4.78, 5) is 0. The van der Waals surface area contributed by atoms with Crippen LogP contribution in [0.2, 0.25) is 0 Å². The summed E-state index contributed by atoms with van der Waals surface area (Å²) in [5.74, 6) is 0.357. The van der Waals surface area contributed by atoms with Crippen molar-refractivity contribution in [2.24, 2.45) is 0 Å². The van der Waals surface area contributed by atoms with E-state index in [1.54, 1.807) is 7.05 Å². The quantitative estimate of drug-likeness (QED) is 0.842. The number of likely N-dealkylation sites (N-methyl/N-ethyl adjacent to an activating group) is 1. The van der Waals surface area contributed by atoms with Gasteiger partial charge in [-0.3, -0.25) is 0 Å². The molecule has 1 aromatic rings. The Morgan fingerprint density at radius 2 is 2.19 bits per heavy atom. The van der Waals surface area contributed by atoms with E-state index in [0.717, 1.165) is 17.7 Å². The number of nitrogens with one attached hydrogen (secondary N) is 1. The molecule has 0 amide bonds. The molecule has 0 aromatic heterocycles. The lowest BCUT2D eigenvalue weighted by Gasteiger charge is -2.10. The fourth-order valence-corrected chi connectivity index (χ4v) is 1.82. The van der Waals surface area contributed by atoms with E-state index in [9.17, 15) is 13.2 Å². The third-order valence-corrected chi connectivity index (χ3v) is 2.57. The lowest BCUT2D eigenvalue weighted by Crippen LogP contribution is -2.27. The second kappa shape index (κ2) is 3.97. The second-order valence-corrected chi connectivity index (χ2v) is 3.82. The van der Waals surface area contributed by atoms with E-state index in [4.69, 9.17) is 4.74 Å². The van der Waals surface area contributed by atoms with Gasteiger partial charge in [0.15, 0.2) is 0 Å². The van der Waals surface area contributed by atoms with Gasteiger partial charge in [0, 0.05) is 13.0 Å². The summed E-state index contributed by atoms with van der Waals surface area (Å²) in [5, 5.41) is 2.94. The van der Waals surface area contributed by atoms with Crippen LogP contribution < -0.4 is 10.1 Å². The molecule has 5 heteroatoms. The highest BCUT2D eigenvalue weighted by molar-refractivity contribution is 5.41. The Kier molecular flexibility index (Phi) is 2.80. The molecule has 0 fully saturated rings. The van der Waals surface area contributed by atoms with Crippen LogP contribution in [0.4, 0.5) is 13.2 Å². The number of benzene rings is 1. The van der Waals surface area contributed by atoms with Gasteiger partial charge in [-0.15, -0.1) is 0 Å². The lowest BCUT2D eigenvalue weighted by atomic mass is 10.1. The largest absolute Gasteiger partial charge is 0.488 e. The monoisotopic (exact) mass is 231 g/mol. The van der Waals surface area contributed by atoms with Crippen molar-refractivity contribution in [3.8, 4) is 5.75 Å². The van der Waals surface area contributed by atoms with Gasteiger partial charge in [-0.2, -0.15) is 13.2 Å². The summed E-state index contributed by atoms with van der Waals surface area (Å²) >= 11 is 0. The van der Waals surface area contributed by atoms with E-state index in [0.29, 0.717) is 18.7 Å². The molecule has 1 heterocycles. The number of fused-ring (bicyclic) bond motifs is 1. The van der Waals surface area contributed by atoms with Crippen molar-refractivity contribution in [3.05, 3.63) is 29.3 Å². The van der Waals surface area contributed by atoms with Crippen LogP contribution in [0.25, 0.3) is 0 Å². The lowest BCUT2D eigenvalue weighted by molar-refractivity contribution is -0.137. The average molecular weight is 231 g/mol. The Balaban J connectivity index is 2.21. The predicted octanol–water partition coefficient (Wildman–Crippen LogP) is 2.23. The Morgan fingerprint density at radius 3 is 2.81 bits per heavy atom. The molecule has 1 N–H and O–H groups in total. The number of rotatable bonds is 2. The molecule has 0 spiro atoms. The molecule has 2 nitrogen and oxygen atoms in total. The zero-order valence-corrected chi connectivity index (χ0v) is 8.77. The van der Waals surface area contributed by atoms with Crippen LogP contribution in [-0.4, -0.2) is 19.7 Å². The average Bonchev–Trinajstić information content (AvgIpc) is 2.57. The summed E-state index contributed by atoms with van der Waals surface area (Å²) in [6.45, 7) is 0.635. The Hall–Kier alpha value is -1.23. The van der Waals surface area contributed by atoms with E-state index in [-0.39, 0.29) is 6.10 Å². The molecule has 0 bridgehead atoms. The fraction of sp³-hybridized carbons (Fsp3) is 0.455. The van der Waals surface area contributed by atoms with Crippen molar-refractivity contribution in [1.29, 1.82) is 0 Å². The maximum atomic E-state index is 12.4. The van der Waals surface area contributed by atoms with Crippen molar-refractivity contribution in [2.45, 2.75) is 18.7 Å². The Morgan fingerprint density at radius 1 is 1.44 bits per heavy atom. The minimum absolute atomic E-state index is 0.0662. The summed E-state index contributed by atoms with van der Waals surface area (Å²) < 4.78 is 42.7. The van der Waals surface area contributed by atoms with Crippen LogP contribution in [0.5, 0.6) is 5.75 Å².